The molecule has 0 atom stereocenters. The van der Waals surface area contributed by atoms with Crippen molar-refractivity contribution in [2.45, 2.75) is 12.6 Å². The molecule has 1 aliphatic heterocycles. The minimum Gasteiger partial charge on any atom is -0.543 e. The number of nitrogens with zero attached hydrogens (tertiary/aromatic N) is 3. The van der Waals surface area contributed by atoms with Crippen molar-refractivity contribution < 1.29 is 52.8 Å². The van der Waals surface area contributed by atoms with E-state index in [1.54, 1.807) is 24.3 Å². The van der Waals surface area contributed by atoms with Crippen molar-refractivity contribution in [1.82, 2.24) is 20.3 Å². The minimum absolute atomic E-state index is 0. The van der Waals surface area contributed by atoms with E-state index >= 15 is 0 Å². The van der Waals surface area contributed by atoms with Crippen LogP contribution in [0.2, 0.25) is 0 Å². The van der Waals surface area contributed by atoms with Gasteiger partial charge >= 0.3 is 29.6 Å². The molecule has 0 amide bonds. The summed E-state index contributed by atoms with van der Waals surface area (Å²) in [6.07, 6.45) is 0. The molecule has 1 aromatic heterocycles. The van der Waals surface area contributed by atoms with Crippen LogP contribution >= 0.6 is 0 Å². The molecular weight excluding hydrogens is 453 g/mol. The van der Waals surface area contributed by atoms with Crippen LogP contribution in [-0.4, -0.2) is 60.2 Å². The van der Waals surface area contributed by atoms with Gasteiger partial charge in [0, 0.05) is 45.3 Å². The number of piperazine rings is 1. The van der Waals surface area contributed by atoms with Gasteiger partial charge in [-0.25, -0.2) is 8.78 Å². The van der Waals surface area contributed by atoms with Crippen molar-refractivity contribution >= 4 is 5.97 Å². The largest absolute Gasteiger partial charge is 1.00 e. The molecule has 0 radical (unpaired) electrons. The summed E-state index contributed by atoms with van der Waals surface area (Å²) in [6, 6.07) is 14.3. The SMILES string of the molecule is O=C([O-])c1cc(CNCCN2CCN(C(c3ccc(F)cc3)c3ccc(F)cc3)CC2)on1.[Na+]. The van der Waals surface area contributed by atoms with E-state index in [2.05, 4.69) is 20.3 Å². The van der Waals surface area contributed by atoms with Crippen LogP contribution in [-0.2, 0) is 6.54 Å². The van der Waals surface area contributed by atoms with Crippen LogP contribution in [0.25, 0.3) is 0 Å². The molecule has 0 spiro atoms. The third-order valence-corrected chi connectivity index (χ3v) is 5.82. The molecule has 7 nitrogen and oxygen atoms in total. The average Bonchev–Trinajstić information content (AvgIpc) is 3.30. The molecule has 3 aromatic rings. The van der Waals surface area contributed by atoms with Crippen LogP contribution < -0.4 is 40.0 Å². The number of hydrogen-bond donors (Lipinski definition) is 1. The number of aromatic carboxylic acids is 1. The Kier molecular flexibility index (Phi) is 9.75. The van der Waals surface area contributed by atoms with Crippen LogP contribution in [0.1, 0.15) is 33.4 Å². The maximum absolute atomic E-state index is 13.5. The van der Waals surface area contributed by atoms with Crippen LogP contribution in [0.5, 0.6) is 0 Å². The van der Waals surface area contributed by atoms with Gasteiger partial charge in [-0.05, 0) is 35.4 Å². The second-order valence-electron chi connectivity index (χ2n) is 8.03. The number of carbonyl (C=O) groups is 1. The fraction of sp³-hybridized carbons (Fsp3) is 0.333. The van der Waals surface area contributed by atoms with Crippen molar-refractivity contribution in [3.63, 3.8) is 0 Å². The van der Waals surface area contributed by atoms with Crippen LogP contribution in [0.3, 0.4) is 0 Å². The van der Waals surface area contributed by atoms with E-state index in [9.17, 15) is 18.7 Å². The molecule has 10 heteroatoms. The van der Waals surface area contributed by atoms with Crippen molar-refractivity contribution in [3.05, 3.63) is 88.8 Å². The summed E-state index contributed by atoms with van der Waals surface area (Å²) in [5.74, 6) is -1.48. The predicted octanol–water partition coefficient (Wildman–Crippen LogP) is -1.18. The van der Waals surface area contributed by atoms with Gasteiger partial charge in [0.2, 0.25) is 0 Å². The van der Waals surface area contributed by atoms with Gasteiger partial charge in [-0.1, -0.05) is 29.4 Å². The van der Waals surface area contributed by atoms with Crippen molar-refractivity contribution in [2.24, 2.45) is 0 Å². The van der Waals surface area contributed by atoms with E-state index < -0.39 is 5.97 Å². The number of carbonyl (C=O) groups excluding carboxylic acids is 1. The van der Waals surface area contributed by atoms with E-state index in [-0.39, 0.29) is 52.9 Å². The molecule has 4 rings (SSSR count). The predicted molar refractivity (Wildman–Crippen MR) is 115 cm³/mol. The maximum Gasteiger partial charge on any atom is 1.00 e. The van der Waals surface area contributed by atoms with Gasteiger partial charge in [0.05, 0.1) is 18.6 Å². The molecule has 0 bridgehead atoms. The van der Waals surface area contributed by atoms with Gasteiger partial charge in [-0.15, -0.1) is 0 Å². The molecule has 1 fully saturated rings. The smallest absolute Gasteiger partial charge is 0.543 e. The van der Waals surface area contributed by atoms with Gasteiger partial charge < -0.3 is 19.7 Å². The first-order chi connectivity index (χ1) is 16.0. The number of rotatable bonds is 9. The number of nitrogens with one attached hydrogen (secondary N) is 1. The Morgan fingerprint density at radius 1 is 1.00 bits per heavy atom. The zero-order chi connectivity index (χ0) is 23.2. The molecular formula is C24H25F2N4NaO3. The summed E-state index contributed by atoms with van der Waals surface area (Å²) in [5.41, 5.74) is 1.74. The third-order valence-electron chi connectivity index (χ3n) is 5.82. The summed E-state index contributed by atoms with van der Waals surface area (Å²) >= 11 is 0. The van der Waals surface area contributed by atoms with E-state index in [0.717, 1.165) is 43.9 Å². The molecule has 1 saturated heterocycles. The Bertz CT molecular complexity index is 1010. The minimum atomic E-state index is -1.36. The summed E-state index contributed by atoms with van der Waals surface area (Å²) in [7, 11) is 0. The van der Waals surface area contributed by atoms with Crippen molar-refractivity contribution in [3.8, 4) is 0 Å². The maximum atomic E-state index is 13.5. The molecule has 174 valence electrons. The zero-order valence-electron chi connectivity index (χ0n) is 19.0. The second kappa shape index (κ2) is 12.5. The van der Waals surface area contributed by atoms with Crippen LogP contribution in [0.4, 0.5) is 8.78 Å². The first kappa shape index (κ1) is 26.5. The molecule has 1 N–H and O–H groups in total. The zero-order valence-corrected chi connectivity index (χ0v) is 21.0. The molecule has 34 heavy (non-hydrogen) atoms. The number of carboxylic acids is 1. The van der Waals surface area contributed by atoms with Gasteiger partial charge in [-0.3, -0.25) is 9.80 Å². The molecule has 0 aliphatic carbocycles. The molecule has 0 unspecified atom stereocenters. The number of hydrogen-bond acceptors (Lipinski definition) is 7. The first-order valence-corrected chi connectivity index (χ1v) is 10.8. The van der Waals surface area contributed by atoms with Gasteiger partial charge in [0.25, 0.3) is 0 Å². The quantitative estimate of drug-likeness (QED) is 0.306. The van der Waals surface area contributed by atoms with Crippen LogP contribution in [0, 0.1) is 11.6 Å². The Labute approximate surface area is 219 Å². The van der Waals surface area contributed by atoms with E-state index in [1.165, 1.54) is 30.3 Å². The molecule has 2 heterocycles. The fourth-order valence-electron chi connectivity index (χ4n) is 4.09. The molecule has 2 aromatic carbocycles. The van der Waals surface area contributed by atoms with Gasteiger partial charge in [0.15, 0.2) is 5.76 Å². The summed E-state index contributed by atoms with van der Waals surface area (Å²) in [4.78, 5) is 15.4. The van der Waals surface area contributed by atoms with Crippen molar-refractivity contribution in [2.75, 3.05) is 39.3 Å². The third kappa shape index (κ3) is 6.94. The van der Waals surface area contributed by atoms with E-state index in [1.807, 2.05) is 0 Å². The summed E-state index contributed by atoms with van der Waals surface area (Å²) < 4.78 is 31.9. The monoisotopic (exact) mass is 478 g/mol. The first-order valence-electron chi connectivity index (χ1n) is 10.8. The molecule has 1 aliphatic rings. The standard InChI is InChI=1S/C24H26F2N4O3.Na/c25-19-5-1-17(2-6-19)23(18-3-7-20(26)8-4-18)30-13-11-29(12-14-30)10-9-27-16-21-15-22(24(31)32)28-33-21;/h1-8,15,23,27H,9-14,16H2,(H,31,32);/q;+1/p-1. The topological polar surface area (TPSA) is 84.7 Å². The summed E-state index contributed by atoms with van der Waals surface area (Å²) in [5, 5.41) is 17.4. The van der Waals surface area contributed by atoms with Gasteiger partial charge in [0.1, 0.15) is 17.3 Å². The summed E-state index contributed by atoms with van der Waals surface area (Å²) in [6.45, 7) is 5.27. The number of aromatic nitrogens is 1. The van der Waals surface area contributed by atoms with E-state index in [4.69, 9.17) is 4.52 Å². The number of benzene rings is 2. The Balaban J connectivity index is 0.00000324. The Morgan fingerprint density at radius 3 is 2.06 bits per heavy atom. The Morgan fingerprint density at radius 2 is 1.56 bits per heavy atom. The van der Waals surface area contributed by atoms with Crippen LogP contribution in [0.15, 0.2) is 59.1 Å². The fourth-order valence-corrected chi connectivity index (χ4v) is 4.09. The molecule has 0 saturated carbocycles. The Hall–Kier alpha value is -2.14. The van der Waals surface area contributed by atoms with Gasteiger partial charge in [-0.2, -0.15) is 0 Å². The second-order valence-corrected chi connectivity index (χ2v) is 8.03. The average molecular weight is 478 g/mol. The normalized spacial score (nSPS) is 14.8. The van der Waals surface area contributed by atoms with Crippen molar-refractivity contribution in [1.29, 1.82) is 0 Å². The van der Waals surface area contributed by atoms with E-state index in [0.29, 0.717) is 18.8 Å². The number of carboxylic acid groups (broad SMARTS) is 1. The number of halogens is 2.